The summed E-state index contributed by atoms with van der Waals surface area (Å²) in [6.45, 7) is 7.38. The number of hydrogen-bond donors (Lipinski definition) is 1. The molecule has 3 atom stereocenters. The highest BCUT2D eigenvalue weighted by Gasteiger charge is 2.35. The van der Waals surface area contributed by atoms with Gasteiger partial charge >= 0.3 is 0 Å². The molecule has 1 aromatic carbocycles. The fourth-order valence-corrected chi connectivity index (χ4v) is 2.77. The summed E-state index contributed by atoms with van der Waals surface area (Å²) >= 11 is 3.51. The molecule has 3 unspecified atom stereocenters. The molecule has 17 heavy (non-hydrogen) atoms. The van der Waals surface area contributed by atoms with Crippen LogP contribution in [0.2, 0.25) is 0 Å². The van der Waals surface area contributed by atoms with E-state index in [1.807, 2.05) is 6.07 Å². The first-order valence-electron chi connectivity index (χ1n) is 6.19. The van der Waals surface area contributed by atoms with Crippen LogP contribution in [0.4, 0.5) is 0 Å². The molecule has 0 radical (unpaired) electrons. The summed E-state index contributed by atoms with van der Waals surface area (Å²) in [6.07, 6.45) is 1.23. The molecule has 0 spiro atoms. The molecule has 1 saturated heterocycles. The molecule has 1 aromatic rings. The molecule has 2 rings (SSSR count). The minimum Gasteiger partial charge on any atom is -0.370 e. The zero-order valence-electron chi connectivity index (χ0n) is 10.7. The lowest BCUT2D eigenvalue weighted by Gasteiger charge is -2.42. The summed E-state index contributed by atoms with van der Waals surface area (Å²) in [5.41, 5.74) is 1.35. The lowest BCUT2D eigenvalue weighted by Crippen LogP contribution is -2.56. The Hall–Kier alpha value is -0.380. The predicted molar refractivity (Wildman–Crippen MR) is 74.1 cm³/mol. The molecule has 2 nitrogen and oxygen atoms in total. The highest BCUT2D eigenvalue weighted by Crippen LogP contribution is 2.30. The first kappa shape index (κ1) is 13.1. The molecule has 1 fully saturated rings. The second-order valence-electron chi connectivity index (χ2n) is 5.13. The second-order valence-corrected chi connectivity index (χ2v) is 6.05. The van der Waals surface area contributed by atoms with Gasteiger partial charge in [-0.3, -0.25) is 0 Å². The minimum atomic E-state index is 0.113. The van der Waals surface area contributed by atoms with Gasteiger partial charge in [-0.15, -0.1) is 0 Å². The zero-order valence-corrected chi connectivity index (χ0v) is 12.3. The van der Waals surface area contributed by atoms with Crippen molar-refractivity contribution in [2.45, 2.75) is 44.9 Å². The number of morpholine rings is 1. The molecule has 0 saturated carbocycles. The predicted octanol–water partition coefficient (Wildman–Crippen LogP) is 3.67. The van der Waals surface area contributed by atoms with Gasteiger partial charge in [0.15, 0.2) is 0 Å². The number of halogens is 1. The number of ether oxygens (including phenoxy) is 1. The van der Waals surface area contributed by atoms with Gasteiger partial charge in [0.2, 0.25) is 0 Å². The van der Waals surface area contributed by atoms with Crippen LogP contribution in [0.25, 0.3) is 0 Å². The number of rotatable bonds is 2. The van der Waals surface area contributed by atoms with Gasteiger partial charge in [0.05, 0.1) is 12.7 Å². The molecule has 1 heterocycles. The van der Waals surface area contributed by atoms with Gasteiger partial charge in [0.25, 0.3) is 0 Å². The lowest BCUT2D eigenvalue weighted by molar-refractivity contribution is -0.0561. The molecule has 0 amide bonds. The molecular formula is C14H20BrNO. The van der Waals surface area contributed by atoms with Crippen LogP contribution in [0.1, 0.15) is 38.9 Å². The largest absolute Gasteiger partial charge is 0.370 e. The van der Waals surface area contributed by atoms with Gasteiger partial charge in [-0.1, -0.05) is 35.0 Å². The van der Waals surface area contributed by atoms with Crippen molar-refractivity contribution in [3.63, 3.8) is 0 Å². The Morgan fingerprint density at radius 1 is 1.53 bits per heavy atom. The van der Waals surface area contributed by atoms with E-state index < -0.39 is 0 Å². The average Bonchev–Trinajstić information content (AvgIpc) is 2.29. The Labute approximate surface area is 112 Å². The Bertz CT molecular complexity index is 396. The number of nitrogens with one attached hydrogen (secondary N) is 1. The average molecular weight is 298 g/mol. The molecule has 0 aliphatic carbocycles. The quantitative estimate of drug-likeness (QED) is 0.899. The third kappa shape index (κ3) is 2.90. The van der Waals surface area contributed by atoms with Crippen LogP contribution in [-0.4, -0.2) is 18.2 Å². The maximum atomic E-state index is 6.05. The number of benzene rings is 1. The molecule has 1 aliphatic heterocycles. The van der Waals surface area contributed by atoms with Crippen molar-refractivity contribution in [1.82, 2.24) is 5.32 Å². The third-order valence-corrected chi connectivity index (χ3v) is 4.06. The summed E-state index contributed by atoms with van der Waals surface area (Å²) in [4.78, 5) is 0. The van der Waals surface area contributed by atoms with Crippen molar-refractivity contribution in [3.05, 3.63) is 34.3 Å². The van der Waals surface area contributed by atoms with Gasteiger partial charge in [-0.2, -0.15) is 0 Å². The van der Waals surface area contributed by atoms with Crippen LogP contribution >= 0.6 is 15.9 Å². The molecule has 1 aliphatic rings. The van der Waals surface area contributed by atoms with E-state index in [2.05, 4.69) is 60.2 Å². The lowest BCUT2D eigenvalue weighted by atomic mass is 9.92. The first-order chi connectivity index (χ1) is 8.04. The Kier molecular flexibility index (Phi) is 3.91. The van der Waals surface area contributed by atoms with Crippen molar-refractivity contribution in [1.29, 1.82) is 0 Å². The summed E-state index contributed by atoms with van der Waals surface area (Å²) in [7, 11) is 0. The van der Waals surface area contributed by atoms with Crippen LogP contribution < -0.4 is 5.32 Å². The maximum Gasteiger partial charge on any atom is 0.0976 e. The summed E-state index contributed by atoms with van der Waals surface area (Å²) in [5.74, 6) is 0. The number of hydrogen-bond acceptors (Lipinski definition) is 2. The molecule has 1 N–H and O–H groups in total. The van der Waals surface area contributed by atoms with E-state index in [-0.39, 0.29) is 11.6 Å². The van der Waals surface area contributed by atoms with E-state index in [1.54, 1.807) is 0 Å². The molecule has 0 aromatic heterocycles. The fourth-order valence-electron chi connectivity index (χ4n) is 2.36. The van der Waals surface area contributed by atoms with Gasteiger partial charge < -0.3 is 10.1 Å². The fraction of sp³-hybridized carbons (Fsp3) is 0.571. The minimum absolute atomic E-state index is 0.113. The van der Waals surface area contributed by atoms with E-state index in [4.69, 9.17) is 4.74 Å². The highest BCUT2D eigenvalue weighted by atomic mass is 79.9. The molecule has 94 valence electrons. The van der Waals surface area contributed by atoms with Gasteiger partial charge in [0.1, 0.15) is 0 Å². The van der Waals surface area contributed by atoms with Crippen molar-refractivity contribution < 1.29 is 4.74 Å². The Morgan fingerprint density at radius 3 is 2.88 bits per heavy atom. The third-order valence-electron chi connectivity index (χ3n) is 3.57. The smallest absolute Gasteiger partial charge is 0.0976 e. The van der Waals surface area contributed by atoms with Gasteiger partial charge in [0, 0.05) is 16.1 Å². The SMILES string of the molecule is CCC1(C)COC(c2cccc(Br)c2)C(C)N1. The van der Waals surface area contributed by atoms with Crippen molar-refractivity contribution in [3.8, 4) is 0 Å². The van der Waals surface area contributed by atoms with Crippen LogP contribution in [0.15, 0.2) is 28.7 Å². The van der Waals surface area contributed by atoms with E-state index in [9.17, 15) is 0 Å². The highest BCUT2D eigenvalue weighted by molar-refractivity contribution is 9.10. The Balaban J connectivity index is 2.15. The van der Waals surface area contributed by atoms with Crippen LogP contribution in [0.5, 0.6) is 0 Å². The standard InChI is InChI=1S/C14H20BrNO/c1-4-14(3)9-17-13(10(2)16-14)11-6-5-7-12(15)8-11/h5-8,10,13,16H,4,9H2,1-3H3. The summed E-state index contributed by atoms with van der Waals surface area (Å²) < 4.78 is 7.16. The van der Waals surface area contributed by atoms with Crippen LogP contribution in [0.3, 0.4) is 0 Å². The van der Waals surface area contributed by atoms with Gasteiger partial charge in [-0.25, -0.2) is 0 Å². The van der Waals surface area contributed by atoms with Crippen LogP contribution in [-0.2, 0) is 4.74 Å². The zero-order chi connectivity index (χ0) is 12.5. The van der Waals surface area contributed by atoms with Crippen molar-refractivity contribution in [2.24, 2.45) is 0 Å². The van der Waals surface area contributed by atoms with E-state index in [1.165, 1.54) is 5.56 Å². The molecular weight excluding hydrogens is 278 g/mol. The maximum absolute atomic E-state index is 6.05. The van der Waals surface area contributed by atoms with E-state index in [0.29, 0.717) is 6.04 Å². The monoisotopic (exact) mass is 297 g/mol. The molecule has 3 heteroatoms. The summed E-state index contributed by atoms with van der Waals surface area (Å²) in [5, 5.41) is 3.67. The van der Waals surface area contributed by atoms with Crippen LogP contribution in [0, 0.1) is 0 Å². The van der Waals surface area contributed by atoms with Gasteiger partial charge in [-0.05, 0) is 38.0 Å². The Morgan fingerprint density at radius 2 is 2.29 bits per heavy atom. The van der Waals surface area contributed by atoms with Crippen molar-refractivity contribution in [2.75, 3.05) is 6.61 Å². The summed E-state index contributed by atoms with van der Waals surface area (Å²) in [6, 6.07) is 8.70. The van der Waals surface area contributed by atoms with E-state index >= 15 is 0 Å². The second kappa shape index (κ2) is 5.09. The van der Waals surface area contributed by atoms with Crippen molar-refractivity contribution >= 4 is 15.9 Å². The topological polar surface area (TPSA) is 21.3 Å². The van der Waals surface area contributed by atoms with E-state index in [0.717, 1.165) is 17.5 Å². The normalized spacial score (nSPS) is 33.6. The molecule has 0 bridgehead atoms. The first-order valence-corrected chi connectivity index (χ1v) is 6.98.